The van der Waals surface area contributed by atoms with Crippen LogP contribution in [-0.4, -0.2) is 26.5 Å². The maximum absolute atomic E-state index is 12.7. The van der Waals surface area contributed by atoms with Gasteiger partial charge in [0.1, 0.15) is 6.61 Å². The van der Waals surface area contributed by atoms with E-state index in [9.17, 15) is 13.2 Å². The second-order valence-electron chi connectivity index (χ2n) is 5.91. The van der Waals surface area contributed by atoms with Gasteiger partial charge in [0, 0.05) is 24.6 Å². The summed E-state index contributed by atoms with van der Waals surface area (Å²) in [6, 6.07) is 11.8. The van der Waals surface area contributed by atoms with Gasteiger partial charge in [0.15, 0.2) is 5.82 Å². The number of aliphatic hydroxyl groups excluding tert-OH is 1. The highest BCUT2D eigenvalue weighted by Crippen LogP contribution is 2.29. The molecule has 0 saturated carbocycles. The summed E-state index contributed by atoms with van der Waals surface area (Å²) in [7, 11) is 0. The molecule has 142 valence electrons. The topological polar surface area (TPSA) is 60.2 Å². The Morgan fingerprint density at radius 3 is 2.48 bits per heavy atom. The molecule has 3 rings (SSSR count). The van der Waals surface area contributed by atoms with E-state index in [0.717, 1.165) is 23.4 Å². The van der Waals surface area contributed by atoms with Crippen LogP contribution in [0.1, 0.15) is 23.1 Å². The van der Waals surface area contributed by atoms with Crippen molar-refractivity contribution in [1.29, 1.82) is 0 Å². The van der Waals surface area contributed by atoms with Crippen molar-refractivity contribution in [3.8, 4) is 11.7 Å². The van der Waals surface area contributed by atoms with Gasteiger partial charge < -0.3 is 9.84 Å². The highest BCUT2D eigenvalue weighted by Gasteiger charge is 2.30. The predicted octanol–water partition coefficient (Wildman–Crippen LogP) is 3.79. The van der Waals surface area contributed by atoms with Crippen LogP contribution in [0.15, 0.2) is 54.9 Å². The van der Waals surface area contributed by atoms with Gasteiger partial charge in [0.05, 0.1) is 5.56 Å². The second-order valence-corrected chi connectivity index (χ2v) is 5.91. The highest BCUT2D eigenvalue weighted by molar-refractivity contribution is 5.32. The summed E-state index contributed by atoms with van der Waals surface area (Å²) in [6.07, 6.45) is -0.957. The molecule has 0 fully saturated rings. The first-order chi connectivity index (χ1) is 13.0. The third kappa shape index (κ3) is 4.85. The van der Waals surface area contributed by atoms with Crippen LogP contribution in [0, 0.1) is 0 Å². The summed E-state index contributed by atoms with van der Waals surface area (Å²) in [6.45, 7) is 0.326. The number of benzene rings is 1. The fourth-order valence-electron chi connectivity index (χ4n) is 2.49. The number of alkyl halides is 3. The number of hydrogen-bond acceptors (Lipinski definition) is 4. The standard InChI is InChI=1S/C19H18F3N3O2/c20-19(21,22)16-8-9-17(23-11-16)25-12-15(7-4-10-26)18(24-25)27-13-14-5-2-1-3-6-14/h1-3,5-6,8-9,11-12,26H,4,7,10,13H2. The van der Waals surface area contributed by atoms with Crippen molar-refractivity contribution >= 4 is 0 Å². The van der Waals surface area contributed by atoms with Gasteiger partial charge in [-0.3, -0.25) is 0 Å². The van der Waals surface area contributed by atoms with Gasteiger partial charge in [-0.1, -0.05) is 30.3 Å². The van der Waals surface area contributed by atoms with Crippen LogP contribution in [0.25, 0.3) is 5.82 Å². The van der Waals surface area contributed by atoms with E-state index in [1.54, 1.807) is 6.20 Å². The van der Waals surface area contributed by atoms with Crippen molar-refractivity contribution in [3.05, 3.63) is 71.5 Å². The number of aliphatic hydroxyl groups is 1. The lowest BCUT2D eigenvalue weighted by atomic mass is 10.2. The Kier molecular flexibility index (Phi) is 5.75. The van der Waals surface area contributed by atoms with Crippen molar-refractivity contribution in [1.82, 2.24) is 14.8 Å². The molecule has 1 N–H and O–H groups in total. The minimum atomic E-state index is -4.44. The van der Waals surface area contributed by atoms with E-state index in [2.05, 4.69) is 10.1 Å². The molecule has 0 bridgehead atoms. The predicted molar refractivity (Wildman–Crippen MR) is 92.5 cm³/mol. The minimum absolute atomic E-state index is 0.0157. The first-order valence-corrected chi connectivity index (χ1v) is 8.37. The summed E-state index contributed by atoms with van der Waals surface area (Å²) >= 11 is 0. The fourth-order valence-corrected chi connectivity index (χ4v) is 2.49. The molecule has 0 aliphatic heterocycles. The Morgan fingerprint density at radius 2 is 1.85 bits per heavy atom. The molecule has 0 aliphatic carbocycles. The van der Waals surface area contributed by atoms with Crippen molar-refractivity contribution < 1.29 is 23.0 Å². The van der Waals surface area contributed by atoms with Crippen LogP contribution in [0.3, 0.4) is 0 Å². The van der Waals surface area contributed by atoms with Crippen LogP contribution < -0.4 is 4.74 Å². The zero-order chi connectivity index (χ0) is 19.3. The molecule has 2 heterocycles. The average molecular weight is 377 g/mol. The molecule has 1 aromatic carbocycles. The Balaban J connectivity index is 1.82. The molecular weight excluding hydrogens is 359 g/mol. The molecule has 2 aromatic heterocycles. The van der Waals surface area contributed by atoms with E-state index in [0.29, 0.717) is 25.3 Å². The first kappa shape index (κ1) is 18.9. The second kappa shape index (κ2) is 8.22. The number of hydrogen-bond donors (Lipinski definition) is 1. The number of pyridine rings is 1. The molecule has 0 radical (unpaired) electrons. The number of halogens is 3. The van der Waals surface area contributed by atoms with E-state index in [1.165, 1.54) is 10.7 Å². The van der Waals surface area contributed by atoms with Crippen LogP contribution in [-0.2, 0) is 19.2 Å². The van der Waals surface area contributed by atoms with Gasteiger partial charge >= 0.3 is 6.18 Å². The lowest BCUT2D eigenvalue weighted by Gasteiger charge is -2.06. The number of aromatic nitrogens is 3. The number of aryl methyl sites for hydroxylation is 1. The molecule has 3 aromatic rings. The monoisotopic (exact) mass is 377 g/mol. The van der Waals surface area contributed by atoms with Crippen molar-refractivity contribution in [2.75, 3.05) is 6.61 Å². The Morgan fingerprint density at radius 1 is 1.07 bits per heavy atom. The average Bonchev–Trinajstić information content (AvgIpc) is 3.08. The lowest BCUT2D eigenvalue weighted by molar-refractivity contribution is -0.137. The first-order valence-electron chi connectivity index (χ1n) is 8.37. The molecule has 0 spiro atoms. The summed E-state index contributed by atoms with van der Waals surface area (Å²) in [5.41, 5.74) is 0.897. The van der Waals surface area contributed by atoms with E-state index < -0.39 is 11.7 Å². The SMILES string of the molecule is OCCCc1cn(-c2ccc(C(F)(F)F)cn2)nc1OCc1ccccc1. The highest BCUT2D eigenvalue weighted by atomic mass is 19.4. The number of ether oxygens (including phenoxy) is 1. The molecule has 0 aliphatic rings. The van der Waals surface area contributed by atoms with E-state index in [-0.39, 0.29) is 12.4 Å². The van der Waals surface area contributed by atoms with Crippen LogP contribution in [0.4, 0.5) is 13.2 Å². The molecule has 0 atom stereocenters. The molecule has 0 saturated heterocycles. The van der Waals surface area contributed by atoms with Crippen LogP contribution in [0.5, 0.6) is 5.88 Å². The zero-order valence-electron chi connectivity index (χ0n) is 14.4. The summed E-state index contributed by atoms with van der Waals surface area (Å²) in [4.78, 5) is 3.84. The molecular formula is C19H18F3N3O2. The molecule has 0 unspecified atom stereocenters. The van der Waals surface area contributed by atoms with Gasteiger partial charge in [-0.05, 0) is 30.5 Å². The molecule has 5 nitrogen and oxygen atoms in total. The summed E-state index contributed by atoms with van der Waals surface area (Å²) < 4.78 is 45.2. The van der Waals surface area contributed by atoms with E-state index >= 15 is 0 Å². The maximum Gasteiger partial charge on any atom is 0.417 e. The third-order valence-electron chi connectivity index (χ3n) is 3.88. The van der Waals surface area contributed by atoms with Gasteiger partial charge in [-0.25, -0.2) is 9.67 Å². The van der Waals surface area contributed by atoms with Crippen molar-refractivity contribution in [2.24, 2.45) is 0 Å². The molecule has 8 heteroatoms. The van der Waals surface area contributed by atoms with Gasteiger partial charge in [-0.2, -0.15) is 13.2 Å². The normalized spacial score (nSPS) is 11.6. The number of rotatable bonds is 7. The van der Waals surface area contributed by atoms with Gasteiger partial charge in [0.2, 0.25) is 5.88 Å². The summed E-state index contributed by atoms with van der Waals surface area (Å²) in [5.74, 6) is 0.622. The smallest absolute Gasteiger partial charge is 0.417 e. The Hall–Kier alpha value is -2.87. The largest absolute Gasteiger partial charge is 0.472 e. The van der Waals surface area contributed by atoms with E-state index in [4.69, 9.17) is 9.84 Å². The molecule has 0 amide bonds. The third-order valence-corrected chi connectivity index (χ3v) is 3.88. The van der Waals surface area contributed by atoms with Crippen LogP contribution in [0.2, 0.25) is 0 Å². The van der Waals surface area contributed by atoms with Crippen molar-refractivity contribution in [3.63, 3.8) is 0 Å². The Labute approximate surface area is 154 Å². The van der Waals surface area contributed by atoms with Gasteiger partial charge in [0.25, 0.3) is 0 Å². The quantitative estimate of drug-likeness (QED) is 0.681. The minimum Gasteiger partial charge on any atom is -0.472 e. The van der Waals surface area contributed by atoms with E-state index in [1.807, 2.05) is 30.3 Å². The zero-order valence-corrected chi connectivity index (χ0v) is 14.4. The van der Waals surface area contributed by atoms with Crippen molar-refractivity contribution in [2.45, 2.75) is 25.6 Å². The van der Waals surface area contributed by atoms with Crippen LogP contribution >= 0.6 is 0 Å². The lowest BCUT2D eigenvalue weighted by Crippen LogP contribution is -2.07. The maximum atomic E-state index is 12.7. The molecule has 27 heavy (non-hydrogen) atoms. The summed E-state index contributed by atoms with van der Waals surface area (Å²) in [5, 5.41) is 13.4. The number of nitrogens with zero attached hydrogens (tertiary/aromatic N) is 3. The van der Waals surface area contributed by atoms with Gasteiger partial charge in [-0.15, -0.1) is 5.10 Å². The Bertz CT molecular complexity index is 862. The fraction of sp³-hybridized carbons (Fsp3) is 0.263.